The van der Waals surface area contributed by atoms with Gasteiger partial charge in [0.1, 0.15) is 5.82 Å². The van der Waals surface area contributed by atoms with Crippen molar-refractivity contribution in [3.8, 4) is 5.82 Å². The number of piperidine rings is 1. The lowest BCUT2D eigenvalue weighted by Gasteiger charge is -2.31. The fourth-order valence-corrected chi connectivity index (χ4v) is 2.92. The van der Waals surface area contributed by atoms with Crippen molar-refractivity contribution >= 4 is 5.91 Å². The van der Waals surface area contributed by atoms with Gasteiger partial charge in [0.2, 0.25) is 5.91 Å². The van der Waals surface area contributed by atoms with E-state index in [1.807, 2.05) is 22.6 Å². The van der Waals surface area contributed by atoms with Gasteiger partial charge in [-0.2, -0.15) is 0 Å². The summed E-state index contributed by atoms with van der Waals surface area (Å²) in [5, 5.41) is 0. The highest BCUT2D eigenvalue weighted by atomic mass is 16.2. The van der Waals surface area contributed by atoms with Gasteiger partial charge in [0, 0.05) is 43.8 Å². The van der Waals surface area contributed by atoms with Crippen LogP contribution in [0.25, 0.3) is 5.82 Å². The third-order valence-corrected chi connectivity index (χ3v) is 4.13. The van der Waals surface area contributed by atoms with E-state index < -0.39 is 0 Å². The van der Waals surface area contributed by atoms with Crippen molar-refractivity contribution in [1.29, 1.82) is 0 Å². The van der Waals surface area contributed by atoms with Gasteiger partial charge < -0.3 is 4.90 Å². The molecule has 0 spiro atoms. The van der Waals surface area contributed by atoms with Gasteiger partial charge in [0.05, 0.1) is 5.69 Å². The number of rotatable bonds is 3. The fourth-order valence-electron chi connectivity index (χ4n) is 2.92. The van der Waals surface area contributed by atoms with Gasteiger partial charge in [0.15, 0.2) is 5.82 Å². The molecule has 22 heavy (non-hydrogen) atoms. The first-order chi connectivity index (χ1) is 10.7. The molecular weight excluding hydrogens is 278 g/mol. The molecule has 1 fully saturated rings. The van der Waals surface area contributed by atoms with E-state index in [0.717, 1.165) is 43.3 Å². The van der Waals surface area contributed by atoms with Crippen LogP contribution in [0, 0.1) is 6.92 Å². The highest BCUT2D eigenvalue weighted by molar-refractivity contribution is 5.87. The van der Waals surface area contributed by atoms with Crippen LogP contribution in [0.15, 0.2) is 37.4 Å². The lowest BCUT2D eigenvalue weighted by atomic mass is 9.93. The predicted octanol–water partition coefficient (Wildman–Crippen LogP) is 1.86. The van der Waals surface area contributed by atoms with Crippen LogP contribution in [0.4, 0.5) is 0 Å². The summed E-state index contributed by atoms with van der Waals surface area (Å²) in [5.41, 5.74) is 0.981. The molecule has 0 unspecified atom stereocenters. The van der Waals surface area contributed by atoms with Crippen LogP contribution >= 0.6 is 0 Å². The minimum Gasteiger partial charge on any atom is -0.339 e. The predicted molar refractivity (Wildman–Crippen MR) is 82.6 cm³/mol. The molecule has 2 aromatic rings. The molecule has 1 aliphatic rings. The Morgan fingerprint density at radius 1 is 1.23 bits per heavy atom. The van der Waals surface area contributed by atoms with Crippen LogP contribution in [-0.2, 0) is 4.79 Å². The number of hydrogen-bond acceptors (Lipinski definition) is 4. The van der Waals surface area contributed by atoms with Crippen molar-refractivity contribution in [1.82, 2.24) is 24.4 Å². The van der Waals surface area contributed by atoms with Crippen molar-refractivity contribution in [3.63, 3.8) is 0 Å². The van der Waals surface area contributed by atoms with E-state index >= 15 is 0 Å². The van der Waals surface area contributed by atoms with Crippen LogP contribution in [0.1, 0.15) is 30.3 Å². The number of amides is 1. The third-order valence-electron chi connectivity index (χ3n) is 4.13. The van der Waals surface area contributed by atoms with Crippen LogP contribution in [0.3, 0.4) is 0 Å². The Morgan fingerprint density at radius 2 is 1.95 bits per heavy atom. The van der Waals surface area contributed by atoms with Crippen molar-refractivity contribution in [2.45, 2.75) is 25.7 Å². The molecule has 0 aromatic carbocycles. The number of carbonyl (C=O) groups excluding carboxylic acids is 1. The molecule has 6 heteroatoms. The molecule has 0 aliphatic carbocycles. The Morgan fingerprint density at radius 3 is 2.59 bits per heavy atom. The summed E-state index contributed by atoms with van der Waals surface area (Å²) < 4.78 is 1.96. The van der Waals surface area contributed by atoms with Crippen LogP contribution in [-0.4, -0.2) is 43.4 Å². The average molecular weight is 297 g/mol. The van der Waals surface area contributed by atoms with Gasteiger partial charge >= 0.3 is 0 Å². The van der Waals surface area contributed by atoms with Gasteiger partial charge in [-0.1, -0.05) is 6.58 Å². The van der Waals surface area contributed by atoms with Crippen molar-refractivity contribution in [2.24, 2.45) is 0 Å². The fraction of sp³-hybridized carbons (Fsp3) is 0.375. The van der Waals surface area contributed by atoms with E-state index in [1.165, 1.54) is 6.08 Å². The van der Waals surface area contributed by atoms with Crippen molar-refractivity contribution in [2.75, 3.05) is 13.1 Å². The quantitative estimate of drug-likeness (QED) is 0.811. The minimum atomic E-state index is 0.00303. The molecule has 6 nitrogen and oxygen atoms in total. The summed E-state index contributed by atoms with van der Waals surface area (Å²) in [5.74, 6) is 2.04. The van der Waals surface area contributed by atoms with E-state index in [-0.39, 0.29) is 5.91 Å². The lowest BCUT2D eigenvalue weighted by Crippen LogP contribution is -2.37. The Labute approximate surface area is 129 Å². The Bertz CT molecular complexity index is 685. The first kappa shape index (κ1) is 14.4. The SMILES string of the molecule is C=CC(=O)N1CCC(c2nccnc2-n2ccnc2C)CC1. The molecule has 0 N–H and O–H groups in total. The van der Waals surface area contributed by atoms with Crippen LogP contribution < -0.4 is 0 Å². The zero-order valence-electron chi connectivity index (χ0n) is 12.6. The molecule has 1 amide bonds. The van der Waals surface area contributed by atoms with Crippen LogP contribution in [0.2, 0.25) is 0 Å². The standard InChI is InChI=1S/C16H19N5O/c1-3-14(22)20-9-4-13(5-10-20)15-16(19-7-6-18-15)21-11-8-17-12(21)2/h3,6-8,11,13H,1,4-5,9-10H2,2H3. The van der Waals surface area contributed by atoms with E-state index in [2.05, 4.69) is 21.5 Å². The lowest BCUT2D eigenvalue weighted by molar-refractivity contribution is -0.127. The summed E-state index contributed by atoms with van der Waals surface area (Å²) in [6.45, 7) is 6.96. The number of nitrogens with zero attached hydrogens (tertiary/aromatic N) is 5. The Balaban J connectivity index is 1.84. The number of imidazole rings is 1. The molecule has 0 radical (unpaired) electrons. The summed E-state index contributed by atoms with van der Waals surface area (Å²) in [6, 6.07) is 0. The zero-order chi connectivity index (χ0) is 15.5. The van der Waals surface area contributed by atoms with Gasteiger partial charge in [-0.3, -0.25) is 14.3 Å². The Kier molecular flexibility index (Phi) is 4.00. The largest absolute Gasteiger partial charge is 0.339 e. The third kappa shape index (κ3) is 2.64. The van der Waals surface area contributed by atoms with Gasteiger partial charge in [-0.15, -0.1) is 0 Å². The average Bonchev–Trinajstić information content (AvgIpc) is 3.00. The van der Waals surface area contributed by atoms with E-state index in [0.29, 0.717) is 5.92 Å². The maximum Gasteiger partial charge on any atom is 0.245 e. The van der Waals surface area contributed by atoms with E-state index in [9.17, 15) is 4.79 Å². The molecule has 0 saturated carbocycles. The van der Waals surface area contributed by atoms with Crippen molar-refractivity contribution in [3.05, 3.63) is 49.0 Å². The van der Waals surface area contributed by atoms with Gasteiger partial charge in [-0.25, -0.2) is 9.97 Å². The van der Waals surface area contributed by atoms with Gasteiger partial charge in [-0.05, 0) is 25.8 Å². The number of likely N-dealkylation sites (tertiary alicyclic amines) is 1. The molecule has 1 aliphatic heterocycles. The number of aromatic nitrogens is 4. The van der Waals surface area contributed by atoms with Crippen molar-refractivity contribution < 1.29 is 4.79 Å². The number of carbonyl (C=O) groups is 1. The van der Waals surface area contributed by atoms with E-state index in [4.69, 9.17) is 0 Å². The summed E-state index contributed by atoms with van der Waals surface area (Å²) >= 11 is 0. The molecule has 1 saturated heterocycles. The number of hydrogen-bond donors (Lipinski definition) is 0. The maximum atomic E-state index is 11.7. The van der Waals surface area contributed by atoms with Crippen LogP contribution in [0.5, 0.6) is 0 Å². The monoisotopic (exact) mass is 297 g/mol. The second-order valence-electron chi connectivity index (χ2n) is 5.41. The zero-order valence-corrected chi connectivity index (χ0v) is 12.6. The first-order valence-electron chi connectivity index (χ1n) is 7.43. The summed E-state index contributed by atoms with van der Waals surface area (Å²) in [4.78, 5) is 26.8. The molecule has 114 valence electrons. The topological polar surface area (TPSA) is 63.9 Å². The highest BCUT2D eigenvalue weighted by Crippen LogP contribution is 2.30. The molecule has 0 bridgehead atoms. The first-order valence-corrected chi connectivity index (χ1v) is 7.43. The summed E-state index contributed by atoms with van der Waals surface area (Å²) in [6.07, 6.45) is 10.3. The second kappa shape index (κ2) is 6.09. The smallest absolute Gasteiger partial charge is 0.245 e. The van der Waals surface area contributed by atoms with Gasteiger partial charge in [0.25, 0.3) is 0 Å². The summed E-state index contributed by atoms with van der Waals surface area (Å²) in [7, 11) is 0. The Hall–Kier alpha value is -2.50. The number of aryl methyl sites for hydroxylation is 1. The normalized spacial score (nSPS) is 15.8. The molecule has 3 rings (SSSR count). The second-order valence-corrected chi connectivity index (χ2v) is 5.41. The maximum absolute atomic E-state index is 11.7. The minimum absolute atomic E-state index is 0.00303. The molecule has 3 heterocycles. The molecule has 0 atom stereocenters. The van der Waals surface area contributed by atoms with E-state index in [1.54, 1.807) is 18.6 Å². The molecule has 2 aromatic heterocycles. The molecular formula is C16H19N5O. The highest BCUT2D eigenvalue weighted by Gasteiger charge is 2.26.